The van der Waals surface area contributed by atoms with Gasteiger partial charge >= 0.3 is 12.1 Å². The third-order valence-corrected chi connectivity index (χ3v) is 5.28. The summed E-state index contributed by atoms with van der Waals surface area (Å²) in [5.74, 6) is -0.415. The molecule has 1 aromatic carbocycles. The Hall–Kier alpha value is -1.82. The fourth-order valence-electron chi connectivity index (χ4n) is 2.65. The van der Waals surface area contributed by atoms with Crippen molar-refractivity contribution in [3.8, 4) is 0 Å². The molecule has 0 aliphatic rings. The molecule has 0 spiro atoms. The summed E-state index contributed by atoms with van der Waals surface area (Å²) >= 11 is 1.42. The van der Waals surface area contributed by atoms with Crippen LogP contribution in [0, 0.1) is 6.92 Å². The molecule has 0 bridgehead atoms. The number of rotatable bonds is 6. The summed E-state index contributed by atoms with van der Waals surface area (Å²) in [5, 5.41) is 0.584. The molecule has 0 aliphatic heterocycles. The zero-order chi connectivity index (χ0) is 18.6. The quantitative estimate of drug-likeness (QED) is 0.436. The number of ether oxygens (including phenoxy) is 1. The molecule has 0 aliphatic carbocycles. The van der Waals surface area contributed by atoms with Crippen LogP contribution < -0.4 is 0 Å². The van der Waals surface area contributed by atoms with Gasteiger partial charge in [-0.05, 0) is 61.4 Å². The lowest BCUT2D eigenvalue weighted by Crippen LogP contribution is -2.04. The van der Waals surface area contributed by atoms with Crippen molar-refractivity contribution in [2.24, 2.45) is 0 Å². The highest BCUT2D eigenvalue weighted by Crippen LogP contribution is 2.40. The Bertz CT molecular complexity index is 788. The summed E-state index contributed by atoms with van der Waals surface area (Å²) in [6.45, 7) is 5.88. The number of alkyl halides is 3. The fraction of sp³-hybridized carbons (Fsp3) is 0.421. The van der Waals surface area contributed by atoms with Gasteiger partial charge in [0.2, 0.25) is 0 Å². The minimum atomic E-state index is -4.37. The number of thiophene rings is 1. The molecular formula is C19H21F3O2S. The molecule has 25 heavy (non-hydrogen) atoms. The number of carbonyl (C=O) groups is 1. The second kappa shape index (κ2) is 8.04. The number of benzene rings is 1. The first-order valence-corrected chi connectivity index (χ1v) is 9.07. The van der Waals surface area contributed by atoms with Crippen molar-refractivity contribution < 1.29 is 22.7 Å². The van der Waals surface area contributed by atoms with Crippen molar-refractivity contribution in [2.75, 3.05) is 6.61 Å². The van der Waals surface area contributed by atoms with E-state index in [0.29, 0.717) is 11.8 Å². The summed E-state index contributed by atoms with van der Waals surface area (Å²) in [6, 6.07) is 3.79. The van der Waals surface area contributed by atoms with Crippen molar-refractivity contribution >= 4 is 33.0 Å². The van der Waals surface area contributed by atoms with Crippen molar-refractivity contribution in [1.29, 1.82) is 0 Å². The summed E-state index contributed by atoms with van der Waals surface area (Å²) in [7, 11) is 0. The predicted molar refractivity (Wildman–Crippen MR) is 95.7 cm³/mol. The van der Waals surface area contributed by atoms with Crippen molar-refractivity contribution in [3.63, 3.8) is 0 Å². The van der Waals surface area contributed by atoms with E-state index < -0.39 is 17.7 Å². The van der Waals surface area contributed by atoms with Gasteiger partial charge in [-0.2, -0.15) is 13.2 Å². The minimum Gasteiger partial charge on any atom is -0.463 e. The van der Waals surface area contributed by atoms with Gasteiger partial charge in [-0.3, -0.25) is 0 Å². The highest BCUT2D eigenvalue weighted by Gasteiger charge is 2.31. The Balaban J connectivity index is 2.52. The number of allylic oxidation sites excluding steroid dienone is 1. The molecule has 0 fully saturated rings. The molecule has 1 heterocycles. The van der Waals surface area contributed by atoms with Crippen LogP contribution in [0.3, 0.4) is 0 Å². The fourth-order valence-corrected chi connectivity index (χ4v) is 3.88. The first kappa shape index (κ1) is 19.5. The summed E-state index contributed by atoms with van der Waals surface area (Å²) in [4.78, 5) is 12.7. The van der Waals surface area contributed by atoms with E-state index in [0.717, 1.165) is 39.6 Å². The van der Waals surface area contributed by atoms with Crippen LogP contribution in [0.25, 0.3) is 15.7 Å². The van der Waals surface area contributed by atoms with Crippen LogP contribution in [0.5, 0.6) is 0 Å². The standard InChI is InChI=1S/C19H21F3O2S/c1-4-6-7-13(10-17(23)24-5-2)18-12(3)15-11-14(19(20,21)22)8-9-16(15)25-18/h8-11H,4-7H2,1-3H3/b13-10-. The van der Waals surface area contributed by atoms with E-state index in [4.69, 9.17) is 4.74 Å². The van der Waals surface area contributed by atoms with Gasteiger partial charge in [0.05, 0.1) is 12.2 Å². The van der Waals surface area contributed by atoms with E-state index in [1.165, 1.54) is 29.5 Å². The largest absolute Gasteiger partial charge is 0.463 e. The van der Waals surface area contributed by atoms with Gasteiger partial charge in [-0.25, -0.2) is 4.79 Å². The lowest BCUT2D eigenvalue weighted by atomic mass is 10.0. The zero-order valence-electron chi connectivity index (χ0n) is 14.5. The molecule has 136 valence electrons. The van der Waals surface area contributed by atoms with Crippen molar-refractivity contribution in [2.45, 2.75) is 46.2 Å². The van der Waals surface area contributed by atoms with E-state index in [1.54, 1.807) is 13.8 Å². The van der Waals surface area contributed by atoms with E-state index >= 15 is 0 Å². The van der Waals surface area contributed by atoms with Gasteiger partial charge in [0.25, 0.3) is 0 Å². The third-order valence-electron chi connectivity index (χ3n) is 3.93. The van der Waals surface area contributed by atoms with Crippen LogP contribution in [0.1, 0.15) is 49.1 Å². The van der Waals surface area contributed by atoms with E-state index in [1.807, 2.05) is 0 Å². The average Bonchev–Trinajstić information content (AvgIpc) is 2.87. The maximum Gasteiger partial charge on any atom is 0.416 e. The lowest BCUT2D eigenvalue weighted by molar-refractivity contribution is -0.138. The average molecular weight is 370 g/mol. The van der Waals surface area contributed by atoms with Gasteiger partial charge < -0.3 is 4.74 Å². The van der Waals surface area contributed by atoms with Gasteiger partial charge in [0, 0.05) is 15.7 Å². The van der Waals surface area contributed by atoms with Gasteiger partial charge in [-0.1, -0.05) is 13.3 Å². The number of hydrogen-bond donors (Lipinski definition) is 0. The smallest absolute Gasteiger partial charge is 0.416 e. The molecule has 0 saturated carbocycles. The number of fused-ring (bicyclic) bond motifs is 1. The summed E-state index contributed by atoms with van der Waals surface area (Å²) < 4.78 is 44.7. The molecule has 0 atom stereocenters. The molecule has 1 aromatic heterocycles. The van der Waals surface area contributed by atoms with E-state index in [2.05, 4.69) is 6.92 Å². The number of esters is 1. The van der Waals surface area contributed by atoms with Gasteiger partial charge in [-0.15, -0.1) is 11.3 Å². The molecule has 0 amide bonds. The number of hydrogen-bond acceptors (Lipinski definition) is 3. The monoisotopic (exact) mass is 370 g/mol. The molecule has 6 heteroatoms. The maximum absolute atomic E-state index is 13.0. The predicted octanol–water partition coefficient (Wildman–Crippen LogP) is 6.37. The molecule has 0 unspecified atom stereocenters. The highest BCUT2D eigenvalue weighted by molar-refractivity contribution is 7.20. The maximum atomic E-state index is 13.0. The molecule has 2 rings (SSSR count). The highest BCUT2D eigenvalue weighted by atomic mass is 32.1. The van der Waals surface area contributed by atoms with Crippen LogP contribution in [-0.2, 0) is 15.7 Å². The topological polar surface area (TPSA) is 26.3 Å². The summed E-state index contributed by atoms with van der Waals surface area (Å²) in [6.07, 6.45) is -0.347. The first-order valence-electron chi connectivity index (χ1n) is 8.26. The third kappa shape index (κ3) is 4.63. The lowest BCUT2D eigenvalue weighted by Gasteiger charge is -2.07. The van der Waals surface area contributed by atoms with Crippen LogP contribution in [-0.4, -0.2) is 12.6 Å². The SMILES string of the molecule is CCCC/C(=C/C(=O)OCC)c1sc2ccc(C(F)(F)F)cc2c1C. The number of halogens is 3. The van der Waals surface area contributed by atoms with Crippen LogP contribution in [0.2, 0.25) is 0 Å². The van der Waals surface area contributed by atoms with Gasteiger partial charge in [0.1, 0.15) is 0 Å². The molecule has 0 saturated heterocycles. The summed E-state index contributed by atoms with van der Waals surface area (Å²) in [5.41, 5.74) is 0.947. The normalized spacial score (nSPS) is 12.6. The molecule has 0 radical (unpaired) electrons. The Morgan fingerprint density at radius 2 is 2.00 bits per heavy atom. The molecular weight excluding hydrogens is 349 g/mol. The Labute approximate surface area is 149 Å². The molecule has 2 aromatic rings. The number of carbonyl (C=O) groups excluding carboxylic acids is 1. The Morgan fingerprint density at radius 1 is 1.28 bits per heavy atom. The van der Waals surface area contributed by atoms with E-state index in [9.17, 15) is 18.0 Å². The Morgan fingerprint density at radius 3 is 2.60 bits per heavy atom. The molecule has 0 N–H and O–H groups in total. The minimum absolute atomic E-state index is 0.288. The number of aryl methyl sites for hydroxylation is 1. The van der Waals surface area contributed by atoms with Crippen LogP contribution in [0.4, 0.5) is 13.2 Å². The second-order valence-electron chi connectivity index (χ2n) is 5.79. The van der Waals surface area contributed by atoms with Crippen LogP contribution >= 0.6 is 11.3 Å². The van der Waals surface area contributed by atoms with Crippen LogP contribution in [0.15, 0.2) is 24.3 Å². The van der Waals surface area contributed by atoms with Crippen molar-refractivity contribution in [1.82, 2.24) is 0 Å². The van der Waals surface area contributed by atoms with Crippen molar-refractivity contribution in [3.05, 3.63) is 40.3 Å². The number of unbranched alkanes of at least 4 members (excludes halogenated alkanes) is 1. The van der Waals surface area contributed by atoms with E-state index in [-0.39, 0.29) is 6.61 Å². The zero-order valence-corrected chi connectivity index (χ0v) is 15.3. The van der Waals surface area contributed by atoms with Gasteiger partial charge in [0.15, 0.2) is 0 Å². The first-order chi connectivity index (χ1) is 11.8. The Kier molecular flexibility index (Phi) is 6.27. The second-order valence-corrected chi connectivity index (χ2v) is 6.84. The molecule has 2 nitrogen and oxygen atoms in total.